The molecular formula is C22H26Cl2N2O2. The summed E-state index contributed by atoms with van der Waals surface area (Å²) >= 11 is 12.2. The molecule has 0 aliphatic heterocycles. The molecule has 0 aromatic heterocycles. The molecule has 2 rings (SSSR count). The molecule has 0 spiro atoms. The summed E-state index contributed by atoms with van der Waals surface area (Å²) in [5, 5.41) is 3.80. The van der Waals surface area contributed by atoms with Gasteiger partial charge >= 0.3 is 0 Å². The fourth-order valence-electron chi connectivity index (χ4n) is 3.03. The molecule has 1 atom stereocenters. The predicted molar refractivity (Wildman–Crippen MR) is 115 cm³/mol. The van der Waals surface area contributed by atoms with Crippen LogP contribution < -0.4 is 5.32 Å². The molecular weight excluding hydrogens is 395 g/mol. The van der Waals surface area contributed by atoms with Crippen LogP contribution in [-0.2, 0) is 22.6 Å². The molecule has 1 N–H and O–H groups in total. The Labute approximate surface area is 176 Å². The van der Waals surface area contributed by atoms with Crippen LogP contribution in [0.15, 0.2) is 42.5 Å². The highest BCUT2D eigenvalue weighted by Gasteiger charge is 2.28. The maximum absolute atomic E-state index is 13.2. The second-order valence-corrected chi connectivity index (χ2v) is 7.58. The monoisotopic (exact) mass is 420 g/mol. The number of carbonyl (C=O) groups excluding carboxylic acids is 2. The lowest BCUT2D eigenvalue weighted by Crippen LogP contribution is -2.49. The molecule has 2 aromatic rings. The first kappa shape index (κ1) is 22.3. The third kappa shape index (κ3) is 5.98. The van der Waals surface area contributed by atoms with Gasteiger partial charge in [0.2, 0.25) is 11.8 Å². The number of carbonyl (C=O) groups is 2. The summed E-state index contributed by atoms with van der Waals surface area (Å²) < 4.78 is 0. The summed E-state index contributed by atoms with van der Waals surface area (Å²) in [6.07, 6.45) is 0.634. The van der Waals surface area contributed by atoms with Crippen LogP contribution in [0.1, 0.15) is 37.0 Å². The largest absolute Gasteiger partial charge is 0.355 e. The van der Waals surface area contributed by atoms with Crippen LogP contribution >= 0.6 is 23.2 Å². The van der Waals surface area contributed by atoms with E-state index in [0.717, 1.165) is 11.1 Å². The van der Waals surface area contributed by atoms with Gasteiger partial charge in [0.15, 0.2) is 0 Å². The SMILES string of the molecule is CCNC(=O)[C@H](CC)N(Cc1ccc(C)cc1)C(=O)Cc1ccc(Cl)cc1Cl. The number of halogens is 2. The van der Waals surface area contributed by atoms with Crippen molar-refractivity contribution in [3.8, 4) is 0 Å². The highest BCUT2D eigenvalue weighted by molar-refractivity contribution is 6.35. The van der Waals surface area contributed by atoms with Crippen molar-refractivity contribution in [2.75, 3.05) is 6.54 Å². The molecule has 0 heterocycles. The fourth-order valence-corrected chi connectivity index (χ4v) is 3.51. The van der Waals surface area contributed by atoms with Gasteiger partial charge in [0.25, 0.3) is 0 Å². The van der Waals surface area contributed by atoms with E-state index in [0.29, 0.717) is 35.1 Å². The lowest BCUT2D eigenvalue weighted by molar-refractivity contribution is -0.140. The van der Waals surface area contributed by atoms with E-state index >= 15 is 0 Å². The summed E-state index contributed by atoms with van der Waals surface area (Å²) in [6, 6.07) is 12.5. The average molecular weight is 421 g/mol. The zero-order valence-electron chi connectivity index (χ0n) is 16.5. The fraction of sp³-hybridized carbons (Fsp3) is 0.364. The van der Waals surface area contributed by atoms with Gasteiger partial charge in [-0.3, -0.25) is 9.59 Å². The van der Waals surface area contributed by atoms with Crippen molar-refractivity contribution in [3.05, 3.63) is 69.2 Å². The molecule has 0 saturated carbocycles. The maximum Gasteiger partial charge on any atom is 0.242 e. The number of nitrogens with zero attached hydrogens (tertiary/aromatic N) is 1. The highest BCUT2D eigenvalue weighted by atomic mass is 35.5. The smallest absolute Gasteiger partial charge is 0.242 e. The topological polar surface area (TPSA) is 49.4 Å². The van der Waals surface area contributed by atoms with E-state index in [2.05, 4.69) is 5.32 Å². The number of amides is 2. The van der Waals surface area contributed by atoms with Gasteiger partial charge < -0.3 is 10.2 Å². The van der Waals surface area contributed by atoms with Crippen molar-refractivity contribution < 1.29 is 9.59 Å². The van der Waals surface area contributed by atoms with Crippen molar-refractivity contribution in [1.82, 2.24) is 10.2 Å². The van der Waals surface area contributed by atoms with E-state index < -0.39 is 6.04 Å². The molecule has 0 fully saturated rings. The Kier molecular flexibility index (Phi) is 8.34. The van der Waals surface area contributed by atoms with Crippen molar-refractivity contribution >= 4 is 35.0 Å². The summed E-state index contributed by atoms with van der Waals surface area (Å²) in [6.45, 7) is 6.67. The summed E-state index contributed by atoms with van der Waals surface area (Å²) in [5.41, 5.74) is 2.81. The van der Waals surface area contributed by atoms with Gasteiger partial charge in [-0.25, -0.2) is 0 Å². The molecule has 0 saturated heterocycles. The first-order valence-electron chi connectivity index (χ1n) is 9.42. The van der Waals surface area contributed by atoms with Crippen molar-refractivity contribution in [3.63, 3.8) is 0 Å². The number of hydrogen-bond donors (Lipinski definition) is 1. The zero-order chi connectivity index (χ0) is 20.7. The van der Waals surface area contributed by atoms with Gasteiger partial charge in [0.1, 0.15) is 6.04 Å². The molecule has 0 aliphatic carbocycles. The lowest BCUT2D eigenvalue weighted by atomic mass is 10.1. The Balaban J connectivity index is 2.30. The molecule has 28 heavy (non-hydrogen) atoms. The van der Waals surface area contributed by atoms with Crippen LogP contribution in [0.3, 0.4) is 0 Å². The lowest BCUT2D eigenvalue weighted by Gasteiger charge is -2.31. The van der Waals surface area contributed by atoms with E-state index in [1.807, 2.05) is 45.0 Å². The van der Waals surface area contributed by atoms with Gasteiger partial charge in [0, 0.05) is 23.1 Å². The van der Waals surface area contributed by atoms with E-state index in [1.54, 1.807) is 23.1 Å². The number of likely N-dealkylation sites (N-methyl/N-ethyl adjacent to an activating group) is 1. The van der Waals surface area contributed by atoms with E-state index in [1.165, 1.54) is 0 Å². The second-order valence-electron chi connectivity index (χ2n) is 6.74. The highest BCUT2D eigenvalue weighted by Crippen LogP contribution is 2.23. The Hall–Kier alpha value is -2.04. The minimum absolute atomic E-state index is 0.109. The molecule has 0 aliphatic rings. The quantitative estimate of drug-likeness (QED) is 0.667. The Morgan fingerprint density at radius 1 is 1.07 bits per heavy atom. The Morgan fingerprint density at radius 2 is 1.75 bits per heavy atom. The third-order valence-electron chi connectivity index (χ3n) is 4.57. The summed E-state index contributed by atoms with van der Waals surface area (Å²) in [4.78, 5) is 27.4. The molecule has 2 aromatic carbocycles. The first-order chi connectivity index (χ1) is 13.3. The Morgan fingerprint density at radius 3 is 2.32 bits per heavy atom. The Bertz CT molecular complexity index is 822. The van der Waals surface area contributed by atoms with Crippen molar-refractivity contribution in [2.24, 2.45) is 0 Å². The van der Waals surface area contributed by atoms with Crippen molar-refractivity contribution in [2.45, 2.75) is 46.2 Å². The van der Waals surface area contributed by atoms with Crippen LogP contribution in [0, 0.1) is 6.92 Å². The molecule has 150 valence electrons. The molecule has 0 bridgehead atoms. The summed E-state index contributed by atoms with van der Waals surface area (Å²) in [7, 11) is 0. The number of benzene rings is 2. The van der Waals surface area contributed by atoms with Gasteiger partial charge in [-0.15, -0.1) is 0 Å². The van der Waals surface area contributed by atoms with Gasteiger partial charge in [-0.1, -0.05) is 66.0 Å². The van der Waals surface area contributed by atoms with Crippen LogP contribution in [0.5, 0.6) is 0 Å². The predicted octanol–water partition coefficient (Wildman–Crippen LogP) is 4.79. The number of aryl methyl sites for hydroxylation is 1. The number of rotatable bonds is 8. The second kappa shape index (κ2) is 10.5. The molecule has 2 amide bonds. The standard InChI is InChI=1S/C22H26Cl2N2O2/c1-4-20(22(28)25-5-2)26(14-16-8-6-15(3)7-9-16)21(27)12-17-10-11-18(23)13-19(17)24/h6-11,13,20H,4-5,12,14H2,1-3H3,(H,25,28)/t20-/m0/s1. The minimum atomic E-state index is -0.542. The first-order valence-corrected chi connectivity index (χ1v) is 10.2. The van der Waals surface area contributed by atoms with Crippen molar-refractivity contribution in [1.29, 1.82) is 0 Å². The van der Waals surface area contributed by atoms with Crippen LogP contribution in [0.2, 0.25) is 10.0 Å². The maximum atomic E-state index is 13.2. The van der Waals surface area contributed by atoms with Gasteiger partial charge in [0.05, 0.1) is 6.42 Å². The van der Waals surface area contributed by atoms with E-state index in [-0.39, 0.29) is 18.2 Å². The minimum Gasteiger partial charge on any atom is -0.355 e. The van der Waals surface area contributed by atoms with E-state index in [4.69, 9.17) is 23.2 Å². The molecule has 0 radical (unpaired) electrons. The normalized spacial score (nSPS) is 11.8. The molecule has 4 nitrogen and oxygen atoms in total. The number of hydrogen-bond acceptors (Lipinski definition) is 2. The van der Waals surface area contributed by atoms with Crippen LogP contribution in [0.25, 0.3) is 0 Å². The van der Waals surface area contributed by atoms with Crippen LogP contribution in [0.4, 0.5) is 0 Å². The van der Waals surface area contributed by atoms with Gasteiger partial charge in [-0.05, 0) is 43.5 Å². The summed E-state index contributed by atoms with van der Waals surface area (Å²) in [5.74, 6) is -0.296. The average Bonchev–Trinajstić information content (AvgIpc) is 2.65. The molecule has 6 heteroatoms. The zero-order valence-corrected chi connectivity index (χ0v) is 18.0. The van der Waals surface area contributed by atoms with E-state index in [9.17, 15) is 9.59 Å². The number of nitrogens with one attached hydrogen (secondary N) is 1. The van der Waals surface area contributed by atoms with Crippen LogP contribution in [-0.4, -0.2) is 29.3 Å². The van der Waals surface area contributed by atoms with Gasteiger partial charge in [-0.2, -0.15) is 0 Å². The third-order valence-corrected chi connectivity index (χ3v) is 5.15. The molecule has 0 unspecified atom stereocenters.